The molecule has 0 radical (unpaired) electrons. The molecule has 0 saturated carbocycles. The lowest BCUT2D eigenvalue weighted by Gasteiger charge is -2.34. The molecule has 1 fully saturated rings. The number of aromatic nitrogens is 5. The van der Waals surface area contributed by atoms with E-state index in [1.807, 2.05) is 49.8 Å². The van der Waals surface area contributed by atoms with Crippen LogP contribution in [0.5, 0.6) is 0 Å². The van der Waals surface area contributed by atoms with E-state index in [0.29, 0.717) is 5.69 Å². The van der Waals surface area contributed by atoms with Crippen LogP contribution in [0, 0.1) is 13.8 Å². The second kappa shape index (κ2) is 7.46. The average molecular weight is 379 g/mol. The van der Waals surface area contributed by atoms with E-state index in [9.17, 15) is 4.79 Å². The molecule has 1 aromatic carbocycles. The van der Waals surface area contributed by atoms with Crippen LogP contribution >= 0.6 is 0 Å². The largest absolute Gasteiger partial charge is 0.355 e. The molecular weight excluding hydrogens is 354 g/mol. The lowest BCUT2D eigenvalue weighted by molar-refractivity contribution is 0.0928. The van der Waals surface area contributed by atoms with Crippen molar-refractivity contribution in [1.82, 2.24) is 30.1 Å². The summed E-state index contributed by atoms with van der Waals surface area (Å²) < 4.78 is 3.54. The summed E-state index contributed by atoms with van der Waals surface area (Å²) in [5, 5.41) is 15.7. The lowest BCUT2D eigenvalue weighted by Crippen LogP contribution is -2.48. The first-order valence-electron chi connectivity index (χ1n) is 9.56. The second-order valence-corrected chi connectivity index (χ2v) is 7.36. The number of hydrogen-bond donors (Lipinski definition) is 1. The summed E-state index contributed by atoms with van der Waals surface area (Å²) in [6.45, 7) is 5.73. The summed E-state index contributed by atoms with van der Waals surface area (Å²) in [5.41, 5.74) is 3.33. The van der Waals surface area contributed by atoms with Crippen LogP contribution in [-0.2, 0) is 7.05 Å². The predicted molar refractivity (Wildman–Crippen MR) is 107 cm³/mol. The number of nitrogens with zero attached hydrogens (tertiary/aromatic N) is 6. The van der Waals surface area contributed by atoms with E-state index < -0.39 is 0 Å². The Labute approximate surface area is 164 Å². The van der Waals surface area contributed by atoms with Gasteiger partial charge in [0.2, 0.25) is 0 Å². The maximum atomic E-state index is 12.7. The van der Waals surface area contributed by atoms with Crippen molar-refractivity contribution in [2.75, 3.05) is 18.0 Å². The Hall–Kier alpha value is -3.16. The Kier molecular flexibility index (Phi) is 4.85. The van der Waals surface area contributed by atoms with Crippen molar-refractivity contribution in [3.63, 3.8) is 0 Å². The minimum atomic E-state index is -0.187. The first kappa shape index (κ1) is 18.2. The molecule has 28 heavy (non-hydrogen) atoms. The number of para-hydroxylation sites is 1. The van der Waals surface area contributed by atoms with Crippen LogP contribution in [0.4, 0.5) is 5.82 Å². The summed E-state index contributed by atoms with van der Waals surface area (Å²) in [4.78, 5) is 15.0. The maximum absolute atomic E-state index is 12.7. The molecule has 8 heteroatoms. The summed E-state index contributed by atoms with van der Waals surface area (Å²) >= 11 is 0. The van der Waals surface area contributed by atoms with E-state index in [-0.39, 0.29) is 11.9 Å². The molecular formula is C20H25N7O. The zero-order chi connectivity index (χ0) is 19.7. The van der Waals surface area contributed by atoms with Gasteiger partial charge in [-0.1, -0.05) is 23.4 Å². The summed E-state index contributed by atoms with van der Waals surface area (Å²) in [7, 11) is 1.95. The highest BCUT2D eigenvalue weighted by atomic mass is 16.2. The number of carbonyl (C=O) groups excluding carboxylic acids is 1. The molecule has 1 N–H and O–H groups in total. The lowest BCUT2D eigenvalue weighted by atomic mass is 10.1. The van der Waals surface area contributed by atoms with E-state index in [0.717, 1.165) is 48.7 Å². The van der Waals surface area contributed by atoms with Gasteiger partial charge in [0, 0.05) is 32.2 Å². The number of anilines is 1. The van der Waals surface area contributed by atoms with Crippen molar-refractivity contribution in [2.45, 2.75) is 32.7 Å². The van der Waals surface area contributed by atoms with Crippen molar-refractivity contribution >= 4 is 11.7 Å². The number of piperidine rings is 1. The fraction of sp³-hybridized carbons (Fsp3) is 0.400. The Bertz CT molecular complexity index is 990. The molecule has 1 aliphatic rings. The minimum absolute atomic E-state index is 0.0695. The van der Waals surface area contributed by atoms with Gasteiger partial charge in [-0.2, -0.15) is 5.10 Å². The summed E-state index contributed by atoms with van der Waals surface area (Å²) in [6.07, 6.45) is 3.65. The fourth-order valence-electron chi connectivity index (χ4n) is 3.76. The second-order valence-electron chi connectivity index (χ2n) is 7.36. The van der Waals surface area contributed by atoms with Crippen LogP contribution < -0.4 is 10.2 Å². The van der Waals surface area contributed by atoms with Crippen molar-refractivity contribution in [3.8, 4) is 5.69 Å². The van der Waals surface area contributed by atoms with Gasteiger partial charge in [0.1, 0.15) is 5.82 Å². The minimum Gasteiger partial charge on any atom is -0.355 e. The zero-order valence-corrected chi connectivity index (χ0v) is 16.5. The normalized spacial score (nSPS) is 17.0. The first-order valence-corrected chi connectivity index (χ1v) is 9.56. The Balaban J connectivity index is 1.44. The average Bonchev–Trinajstić information content (AvgIpc) is 3.29. The predicted octanol–water partition coefficient (Wildman–Crippen LogP) is 2.02. The summed E-state index contributed by atoms with van der Waals surface area (Å²) in [5.74, 6) is 0.898. The van der Waals surface area contributed by atoms with Crippen LogP contribution in [0.15, 0.2) is 36.5 Å². The first-order chi connectivity index (χ1) is 13.5. The topological polar surface area (TPSA) is 80.9 Å². The van der Waals surface area contributed by atoms with Crippen LogP contribution in [0.25, 0.3) is 5.69 Å². The van der Waals surface area contributed by atoms with Crippen molar-refractivity contribution < 1.29 is 4.79 Å². The van der Waals surface area contributed by atoms with Crippen LogP contribution in [-0.4, -0.2) is 49.8 Å². The van der Waals surface area contributed by atoms with Crippen molar-refractivity contribution in [1.29, 1.82) is 0 Å². The number of rotatable bonds is 4. The Morgan fingerprint density at radius 1 is 1.25 bits per heavy atom. The highest BCUT2D eigenvalue weighted by Gasteiger charge is 2.25. The third kappa shape index (κ3) is 3.62. The molecule has 1 amide bonds. The number of carbonyl (C=O) groups is 1. The highest BCUT2D eigenvalue weighted by Crippen LogP contribution is 2.20. The smallest absolute Gasteiger partial charge is 0.273 e. The molecule has 2 aromatic heterocycles. The number of amides is 1. The summed E-state index contributed by atoms with van der Waals surface area (Å²) in [6, 6.07) is 10.0. The monoisotopic (exact) mass is 379 g/mol. The Morgan fingerprint density at radius 3 is 2.82 bits per heavy atom. The molecule has 146 valence electrons. The molecule has 0 aliphatic carbocycles. The molecule has 0 bridgehead atoms. The van der Waals surface area contributed by atoms with E-state index in [1.54, 1.807) is 10.9 Å². The Morgan fingerprint density at radius 2 is 2.07 bits per heavy atom. The van der Waals surface area contributed by atoms with Gasteiger partial charge < -0.3 is 10.2 Å². The number of nitrogens with one attached hydrogen (secondary N) is 1. The number of hydrogen-bond acceptors (Lipinski definition) is 5. The standard InChI is InChI=1S/C20H25N7O/c1-14-7-4-5-9-18(14)27-13-17(22-24-27)20(28)21-16-8-6-10-26(12-16)19-11-15(2)23-25(19)3/h4-5,7,9,11,13,16H,6,8,10,12H2,1-3H3,(H,21,28). The molecule has 1 atom stereocenters. The number of aryl methyl sites for hydroxylation is 3. The van der Waals surface area contributed by atoms with Gasteiger partial charge in [-0.3, -0.25) is 9.48 Å². The van der Waals surface area contributed by atoms with Crippen molar-refractivity contribution in [3.05, 3.63) is 53.5 Å². The maximum Gasteiger partial charge on any atom is 0.273 e. The molecule has 3 aromatic rings. The molecule has 4 rings (SSSR count). The third-order valence-corrected chi connectivity index (χ3v) is 5.15. The van der Waals surface area contributed by atoms with E-state index in [2.05, 4.69) is 31.7 Å². The van der Waals surface area contributed by atoms with Gasteiger partial charge in [0.15, 0.2) is 5.69 Å². The molecule has 1 unspecified atom stereocenters. The molecule has 3 heterocycles. The van der Waals surface area contributed by atoms with Crippen molar-refractivity contribution in [2.24, 2.45) is 7.05 Å². The van der Waals surface area contributed by atoms with E-state index >= 15 is 0 Å². The van der Waals surface area contributed by atoms with Crippen LogP contribution in [0.3, 0.4) is 0 Å². The molecule has 0 spiro atoms. The van der Waals surface area contributed by atoms with Gasteiger partial charge in [-0.25, -0.2) is 4.68 Å². The fourth-order valence-corrected chi connectivity index (χ4v) is 3.76. The van der Waals surface area contributed by atoms with Gasteiger partial charge >= 0.3 is 0 Å². The third-order valence-electron chi connectivity index (χ3n) is 5.15. The quantitative estimate of drug-likeness (QED) is 0.750. The van der Waals surface area contributed by atoms with Crippen LogP contribution in [0.1, 0.15) is 34.6 Å². The molecule has 8 nitrogen and oxygen atoms in total. The van der Waals surface area contributed by atoms with E-state index in [4.69, 9.17) is 0 Å². The number of benzene rings is 1. The van der Waals surface area contributed by atoms with Gasteiger partial charge in [0.25, 0.3) is 5.91 Å². The SMILES string of the molecule is Cc1cc(N2CCCC(NC(=O)c3cn(-c4ccccc4C)nn3)C2)n(C)n1. The molecule has 1 aliphatic heterocycles. The molecule has 1 saturated heterocycles. The van der Waals surface area contributed by atoms with Gasteiger partial charge in [-0.05, 0) is 38.3 Å². The zero-order valence-electron chi connectivity index (χ0n) is 16.5. The highest BCUT2D eigenvalue weighted by molar-refractivity contribution is 5.92. The van der Waals surface area contributed by atoms with Crippen LogP contribution in [0.2, 0.25) is 0 Å². The van der Waals surface area contributed by atoms with E-state index in [1.165, 1.54) is 0 Å². The van der Waals surface area contributed by atoms with Gasteiger partial charge in [0.05, 0.1) is 17.6 Å². The van der Waals surface area contributed by atoms with Gasteiger partial charge in [-0.15, -0.1) is 5.10 Å².